The fraction of sp³-hybridized carbons (Fsp3) is 0.114. The molecule has 2 aliphatic rings. The Hall–Kier alpha value is -5.47. The number of fused-ring (bicyclic) bond motifs is 3. The Balaban J connectivity index is 0.000000126. The molecule has 6 aromatic rings. The van der Waals surface area contributed by atoms with Gasteiger partial charge in [-0.3, -0.25) is 4.98 Å². The number of pyridine rings is 1. The van der Waals surface area contributed by atoms with Gasteiger partial charge in [-0.05, 0) is 79.3 Å². The Morgan fingerprint density at radius 1 is 0.565 bits per heavy atom. The van der Waals surface area contributed by atoms with Gasteiger partial charge in [-0.25, -0.2) is 0 Å². The molecule has 2 nitrogen and oxygen atoms in total. The molecule has 0 spiro atoms. The molecule has 226 valence electrons. The zero-order valence-corrected chi connectivity index (χ0v) is 26.8. The van der Waals surface area contributed by atoms with Gasteiger partial charge in [0, 0.05) is 23.5 Å². The number of anilines is 2. The lowest BCUT2D eigenvalue weighted by Gasteiger charge is -2.24. The van der Waals surface area contributed by atoms with E-state index in [0.717, 1.165) is 12.1 Å². The smallest absolute Gasteiger partial charge is 0.0642 e. The number of allylic oxidation sites excluding steroid dienone is 4. The molecular formula is C44H40N2. The molecule has 0 fully saturated rings. The lowest BCUT2D eigenvalue weighted by Crippen LogP contribution is -2.14. The average molecular weight is 597 g/mol. The van der Waals surface area contributed by atoms with Crippen LogP contribution in [0.5, 0.6) is 0 Å². The molecule has 2 heterocycles. The van der Waals surface area contributed by atoms with E-state index in [1.165, 1.54) is 55.9 Å². The van der Waals surface area contributed by atoms with Gasteiger partial charge in [0.2, 0.25) is 0 Å². The monoisotopic (exact) mass is 596 g/mol. The maximum absolute atomic E-state index is 4.27. The molecule has 0 bridgehead atoms. The van der Waals surface area contributed by atoms with Crippen LogP contribution in [-0.4, -0.2) is 4.98 Å². The van der Waals surface area contributed by atoms with Crippen molar-refractivity contribution in [2.75, 3.05) is 4.90 Å². The fourth-order valence-electron chi connectivity index (χ4n) is 5.96. The van der Waals surface area contributed by atoms with Gasteiger partial charge in [0.25, 0.3) is 0 Å². The van der Waals surface area contributed by atoms with Crippen molar-refractivity contribution < 1.29 is 0 Å². The second kappa shape index (κ2) is 14.5. The molecule has 1 aromatic heterocycles. The summed E-state index contributed by atoms with van der Waals surface area (Å²) in [4.78, 5) is 6.61. The van der Waals surface area contributed by atoms with Crippen molar-refractivity contribution in [2.24, 2.45) is 0 Å². The number of hydrogen-bond donors (Lipinski definition) is 0. The Morgan fingerprint density at radius 2 is 1.11 bits per heavy atom. The lowest BCUT2D eigenvalue weighted by molar-refractivity contribution is 0.818. The zero-order valence-electron chi connectivity index (χ0n) is 26.8. The van der Waals surface area contributed by atoms with Crippen molar-refractivity contribution in [3.63, 3.8) is 0 Å². The molecule has 1 aliphatic heterocycles. The van der Waals surface area contributed by atoms with Crippen molar-refractivity contribution in [3.05, 3.63) is 198 Å². The summed E-state index contributed by atoms with van der Waals surface area (Å²) in [6.45, 7) is 6.37. The largest absolute Gasteiger partial charge is 0.312 e. The van der Waals surface area contributed by atoms with Gasteiger partial charge in [0.1, 0.15) is 0 Å². The topological polar surface area (TPSA) is 16.1 Å². The highest BCUT2D eigenvalue weighted by molar-refractivity contribution is 5.78. The minimum absolute atomic E-state index is 0.482. The molecular weight excluding hydrogens is 556 g/mol. The molecule has 0 saturated heterocycles. The predicted octanol–water partition coefficient (Wildman–Crippen LogP) is 11.8. The van der Waals surface area contributed by atoms with Crippen molar-refractivity contribution in [3.8, 4) is 22.3 Å². The Labute approximate surface area is 274 Å². The molecule has 0 saturated carbocycles. The summed E-state index contributed by atoms with van der Waals surface area (Å²) in [6, 6.07) is 48.9. The van der Waals surface area contributed by atoms with E-state index in [9.17, 15) is 0 Å². The SMILES string of the molecule is Cc1ccc(-c2ccccc2)cc1.Cc1ccc(-c2ccccc2)cc1.Cc1ccc2c(c1)C1CC=CC=C1N2c1cccnc1. The Kier molecular flexibility index (Phi) is 9.66. The van der Waals surface area contributed by atoms with Crippen LogP contribution in [0.1, 0.15) is 34.6 Å². The molecule has 8 rings (SSSR count). The first-order valence-electron chi connectivity index (χ1n) is 16.0. The van der Waals surface area contributed by atoms with E-state index in [1.807, 2.05) is 30.6 Å². The van der Waals surface area contributed by atoms with Crippen LogP contribution in [-0.2, 0) is 0 Å². The first-order chi connectivity index (χ1) is 22.6. The molecule has 0 N–H and O–H groups in total. The predicted molar refractivity (Wildman–Crippen MR) is 195 cm³/mol. The van der Waals surface area contributed by atoms with E-state index < -0.39 is 0 Å². The van der Waals surface area contributed by atoms with Gasteiger partial charge in [-0.15, -0.1) is 0 Å². The van der Waals surface area contributed by atoms with E-state index in [2.05, 4.69) is 170 Å². The van der Waals surface area contributed by atoms with E-state index in [-0.39, 0.29) is 0 Å². The summed E-state index contributed by atoms with van der Waals surface area (Å²) in [7, 11) is 0. The molecule has 46 heavy (non-hydrogen) atoms. The third kappa shape index (κ3) is 7.25. The van der Waals surface area contributed by atoms with Crippen molar-refractivity contribution in [2.45, 2.75) is 33.1 Å². The summed E-state index contributed by atoms with van der Waals surface area (Å²) in [6.07, 6.45) is 11.5. The second-order valence-corrected chi connectivity index (χ2v) is 11.9. The first kappa shape index (κ1) is 30.6. The zero-order chi connectivity index (χ0) is 31.7. The molecule has 5 aromatic carbocycles. The van der Waals surface area contributed by atoms with Gasteiger partial charge in [-0.1, -0.05) is 150 Å². The summed E-state index contributed by atoms with van der Waals surface area (Å²) in [5.41, 5.74) is 14.3. The normalized spacial score (nSPS) is 14.1. The highest BCUT2D eigenvalue weighted by atomic mass is 15.2. The third-order valence-electron chi connectivity index (χ3n) is 8.41. The summed E-state index contributed by atoms with van der Waals surface area (Å²) < 4.78 is 0. The highest BCUT2D eigenvalue weighted by Crippen LogP contribution is 2.50. The van der Waals surface area contributed by atoms with Crippen LogP contribution < -0.4 is 4.90 Å². The molecule has 0 radical (unpaired) electrons. The Morgan fingerprint density at radius 3 is 1.65 bits per heavy atom. The number of rotatable bonds is 3. The van der Waals surface area contributed by atoms with Crippen LogP contribution in [0, 0.1) is 20.8 Å². The minimum atomic E-state index is 0.482. The van der Waals surface area contributed by atoms with Crippen molar-refractivity contribution in [1.82, 2.24) is 4.98 Å². The molecule has 1 aliphatic carbocycles. The number of hydrogen-bond acceptors (Lipinski definition) is 2. The van der Waals surface area contributed by atoms with Crippen LogP contribution in [0.3, 0.4) is 0 Å². The summed E-state index contributed by atoms with van der Waals surface area (Å²) in [5.74, 6) is 0.482. The van der Waals surface area contributed by atoms with Crippen LogP contribution in [0.2, 0.25) is 0 Å². The Bertz CT molecular complexity index is 1820. The molecule has 2 heteroatoms. The average Bonchev–Trinajstić information content (AvgIpc) is 3.44. The van der Waals surface area contributed by atoms with E-state index >= 15 is 0 Å². The van der Waals surface area contributed by atoms with Gasteiger partial charge in [0.05, 0.1) is 11.9 Å². The number of aryl methyl sites for hydroxylation is 3. The summed E-state index contributed by atoms with van der Waals surface area (Å²) >= 11 is 0. The maximum Gasteiger partial charge on any atom is 0.0642 e. The maximum atomic E-state index is 4.27. The van der Waals surface area contributed by atoms with Gasteiger partial charge in [0.15, 0.2) is 0 Å². The highest BCUT2D eigenvalue weighted by Gasteiger charge is 2.34. The van der Waals surface area contributed by atoms with Crippen LogP contribution in [0.15, 0.2) is 176 Å². The van der Waals surface area contributed by atoms with Crippen LogP contribution in [0.4, 0.5) is 11.4 Å². The summed E-state index contributed by atoms with van der Waals surface area (Å²) in [5, 5.41) is 0. The standard InChI is InChI=1S/C18H16N2.2C13H12/c1-13-8-9-18-16(11-13)15-6-2-3-7-17(15)20(18)14-5-4-10-19-12-14;2*1-11-7-9-13(10-8-11)12-5-3-2-4-6-12/h2-5,7-12,15H,6H2,1H3;2*2-10H,1H3. The van der Waals surface area contributed by atoms with Gasteiger partial charge in [-0.2, -0.15) is 0 Å². The van der Waals surface area contributed by atoms with Gasteiger partial charge >= 0.3 is 0 Å². The van der Waals surface area contributed by atoms with Crippen LogP contribution >= 0.6 is 0 Å². The van der Waals surface area contributed by atoms with E-state index in [0.29, 0.717) is 5.92 Å². The van der Waals surface area contributed by atoms with Gasteiger partial charge < -0.3 is 4.90 Å². The number of aromatic nitrogens is 1. The lowest BCUT2D eigenvalue weighted by atomic mass is 9.91. The van der Waals surface area contributed by atoms with E-state index in [4.69, 9.17) is 0 Å². The molecule has 1 unspecified atom stereocenters. The van der Waals surface area contributed by atoms with Crippen molar-refractivity contribution in [1.29, 1.82) is 0 Å². The van der Waals surface area contributed by atoms with Crippen molar-refractivity contribution >= 4 is 11.4 Å². The number of nitrogens with zero attached hydrogens (tertiary/aromatic N) is 2. The quantitative estimate of drug-likeness (QED) is 0.202. The number of benzene rings is 5. The van der Waals surface area contributed by atoms with Crippen LogP contribution in [0.25, 0.3) is 22.3 Å². The molecule has 0 amide bonds. The second-order valence-electron chi connectivity index (χ2n) is 11.9. The molecule has 1 atom stereocenters. The third-order valence-corrected chi connectivity index (χ3v) is 8.41. The first-order valence-corrected chi connectivity index (χ1v) is 16.0. The minimum Gasteiger partial charge on any atom is -0.312 e. The van der Waals surface area contributed by atoms with E-state index in [1.54, 1.807) is 0 Å². The fourth-order valence-corrected chi connectivity index (χ4v) is 5.96.